The van der Waals surface area contributed by atoms with E-state index in [1.54, 1.807) is 25.7 Å². The third-order valence-corrected chi connectivity index (χ3v) is 5.09. The van der Waals surface area contributed by atoms with Crippen LogP contribution in [0, 0.1) is 23.0 Å². The molecule has 10 heteroatoms. The van der Waals surface area contributed by atoms with Crippen molar-refractivity contribution in [3.63, 3.8) is 0 Å². The number of ether oxygens (including phenoxy) is 2. The van der Waals surface area contributed by atoms with E-state index in [2.05, 4.69) is 15.0 Å². The molecular weight excluding hydrogens is 434 g/mol. The monoisotopic (exact) mass is 458 g/mol. The third-order valence-electron chi connectivity index (χ3n) is 5.09. The van der Waals surface area contributed by atoms with Crippen LogP contribution in [0.2, 0.25) is 0 Å². The number of carbonyl (C=O) groups is 2. The molecule has 0 aliphatic carbocycles. The van der Waals surface area contributed by atoms with Crippen molar-refractivity contribution in [2.24, 2.45) is 0 Å². The first-order valence-electron chi connectivity index (χ1n) is 10.2. The molecular formula is C23H24F2N4O4. The van der Waals surface area contributed by atoms with Gasteiger partial charge in [-0.05, 0) is 50.6 Å². The van der Waals surface area contributed by atoms with Gasteiger partial charge in [-0.2, -0.15) is 5.26 Å². The van der Waals surface area contributed by atoms with Crippen molar-refractivity contribution >= 4 is 17.9 Å². The van der Waals surface area contributed by atoms with Crippen molar-refractivity contribution in [2.45, 2.75) is 38.3 Å². The zero-order valence-electron chi connectivity index (χ0n) is 18.7. The van der Waals surface area contributed by atoms with E-state index in [1.807, 2.05) is 6.07 Å². The van der Waals surface area contributed by atoms with Crippen LogP contribution in [0.5, 0.6) is 0 Å². The highest BCUT2D eigenvalue weighted by atomic mass is 19.1. The van der Waals surface area contributed by atoms with Gasteiger partial charge in [0.05, 0.1) is 24.3 Å². The largest absolute Gasteiger partial charge is 0.465 e. The zero-order chi connectivity index (χ0) is 24.3. The molecule has 1 aromatic heterocycles. The number of pyridine rings is 1. The summed E-state index contributed by atoms with van der Waals surface area (Å²) in [4.78, 5) is 30.1. The van der Waals surface area contributed by atoms with Crippen LogP contribution in [0.3, 0.4) is 0 Å². The average Bonchev–Trinajstić information content (AvgIpc) is 3.15. The minimum Gasteiger partial charge on any atom is -0.465 e. The second kappa shape index (κ2) is 9.40. The molecule has 0 saturated carbocycles. The van der Waals surface area contributed by atoms with E-state index in [-0.39, 0.29) is 35.6 Å². The maximum absolute atomic E-state index is 14.6. The maximum Gasteiger partial charge on any atom is 0.407 e. The van der Waals surface area contributed by atoms with E-state index < -0.39 is 41.3 Å². The summed E-state index contributed by atoms with van der Waals surface area (Å²) in [5.41, 5.74) is -0.452. The highest BCUT2D eigenvalue weighted by Gasteiger charge is 2.38. The number of halogens is 2. The predicted molar refractivity (Wildman–Crippen MR) is 115 cm³/mol. The molecule has 1 N–H and O–H groups in total. The number of rotatable bonds is 4. The van der Waals surface area contributed by atoms with Crippen LogP contribution >= 0.6 is 0 Å². The number of nitrogens with one attached hydrogen (secondary N) is 1. The fourth-order valence-electron chi connectivity index (χ4n) is 3.72. The Labute approximate surface area is 190 Å². The van der Waals surface area contributed by atoms with Gasteiger partial charge >= 0.3 is 12.1 Å². The van der Waals surface area contributed by atoms with E-state index in [1.165, 1.54) is 19.4 Å². The average molecular weight is 458 g/mol. The van der Waals surface area contributed by atoms with Gasteiger partial charge < -0.3 is 19.7 Å². The fraction of sp³-hybridized carbons (Fsp3) is 0.391. The molecule has 0 spiro atoms. The van der Waals surface area contributed by atoms with Gasteiger partial charge in [-0.15, -0.1) is 0 Å². The summed E-state index contributed by atoms with van der Waals surface area (Å²) < 4.78 is 38.5. The topological polar surface area (TPSA) is 105 Å². The van der Waals surface area contributed by atoms with Crippen molar-refractivity contribution in [3.8, 4) is 6.07 Å². The van der Waals surface area contributed by atoms with Gasteiger partial charge in [-0.1, -0.05) is 0 Å². The minimum atomic E-state index is -0.749. The Bertz CT molecular complexity index is 1110. The molecule has 1 aliphatic rings. The van der Waals surface area contributed by atoms with Crippen LogP contribution in [0.25, 0.3) is 0 Å². The van der Waals surface area contributed by atoms with Gasteiger partial charge in [-0.25, -0.2) is 23.4 Å². The van der Waals surface area contributed by atoms with Crippen LogP contribution in [-0.4, -0.2) is 48.9 Å². The fourth-order valence-corrected chi connectivity index (χ4v) is 3.72. The first-order chi connectivity index (χ1) is 15.5. The molecule has 174 valence electrons. The van der Waals surface area contributed by atoms with Crippen LogP contribution in [0.1, 0.15) is 48.2 Å². The van der Waals surface area contributed by atoms with Crippen molar-refractivity contribution in [1.29, 1.82) is 5.26 Å². The van der Waals surface area contributed by atoms with Crippen molar-refractivity contribution in [3.05, 3.63) is 58.8 Å². The Morgan fingerprint density at radius 1 is 1.24 bits per heavy atom. The number of aromatic nitrogens is 1. The summed E-state index contributed by atoms with van der Waals surface area (Å²) in [6.45, 7) is 5.43. The number of amides is 1. The van der Waals surface area contributed by atoms with E-state index in [0.717, 1.165) is 18.2 Å². The first-order valence-corrected chi connectivity index (χ1v) is 10.2. The number of nitriles is 1. The van der Waals surface area contributed by atoms with E-state index in [4.69, 9.17) is 4.74 Å². The van der Waals surface area contributed by atoms with Crippen LogP contribution in [0.15, 0.2) is 30.5 Å². The number of carbonyl (C=O) groups excluding carboxylic acids is 2. The molecule has 0 radical (unpaired) electrons. The van der Waals surface area contributed by atoms with Gasteiger partial charge in [0, 0.05) is 25.2 Å². The Morgan fingerprint density at radius 3 is 2.61 bits per heavy atom. The van der Waals surface area contributed by atoms with Crippen molar-refractivity contribution in [2.75, 3.05) is 25.1 Å². The van der Waals surface area contributed by atoms with Gasteiger partial charge in [0.15, 0.2) is 0 Å². The molecule has 1 aliphatic heterocycles. The minimum absolute atomic E-state index is 0.0863. The number of esters is 1. The van der Waals surface area contributed by atoms with Gasteiger partial charge in [-0.3, -0.25) is 0 Å². The number of hydrogen-bond donors (Lipinski definition) is 1. The molecule has 2 heterocycles. The second-order valence-corrected chi connectivity index (χ2v) is 8.63. The molecule has 8 nitrogen and oxygen atoms in total. The highest BCUT2D eigenvalue weighted by molar-refractivity contribution is 5.90. The molecule has 2 aromatic rings. The van der Waals surface area contributed by atoms with Crippen molar-refractivity contribution < 1.29 is 27.8 Å². The summed E-state index contributed by atoms with van der Waals surface area (Å²) in [7, 11) is 1.22. The summed E-state index contributed by atoms with van der Waals surface area (Å²) >= 11 is 0. The standard InChI is InChI=1S/C23H24F2N4O4/c1-23(2,3)33-22(31)28-19-12-29(11-17(19)16-8-15(24)5-6-18(16)25)20-13(9-26)7-14(10-27-20)21(30)32-4/h5-8,10,17,19H,11-12H2,1-4H3,(H,28,31). The molecule has 1 aromatic carbocycles. The van der Waals surface area contributed by atoms with Crippen molar-refractivity contribution in [1.82, 2.24) is 10.3 Å². The lowest BCUT2D eigenvalue weighted by molar-refractivity contribution is 0.0503. The molecule has 3 rings (SSSR count). The maximum atomic E-state index is 14.6. The van der Waals surface area contributed by atoms with Crippen LogP contribution in [0.4, 0.5) is 19.4 Å². The van der Waals surface area contributed by atoms with Crippen LogP contribution in [-0.2, 0) is 9.47 Å². The lowest BCUT2D eigenvalue weighted by Gasteiger charge is -2.24. The molecule has 1 saturated heterocycles. The lowest BCUT2D eigenvalue weighted by atomic mass is 9.94. The number of methoxy groups -OCH3 is 1. The molecule has 1 amide bonds. The Morgan fingerprint density at radius 2 is 1.97 bits per heavy atom. The summed E-state index contributed by atoms with van der Waals surface area (Å²) in [5, 5.41) is 12.3. The molecule has 2 unspecified atom stereocenters. The van der Waals surface area contributed by atoms with E-state index >= 15 is 0 Å². The first kappa shape index (κ1) is 23.9. The number of alkyl carbamates (subject to hydrolysis) is 1. The Kier molecular flexibility index (Phi) is 6.81. The Hall–Kier alpha value is -3.74. The summed E-state index contributed by atoms with van der Waals surface area (Å²) in [6, 6.07) is 5.82. The number of anilines is 1. The lowest BCUT2D eigenvalue weighted by Crippen LogP contribution is -2.43. The van der Waals surface area contributed by atoms with Gasteiger partial charge in [0.2, 0.25) is 0 Å². The van der Waals surface area contributed by atoms with E-state index in [9.17, 15) is 23.6 Å². The summed E-state index contributed by atoms with van der Waals surface area (Å²) in [5.74, 6) is -2.27. The molecule has 1 fully saturated rings. The van der Waals surface area contributed by atoms with Gasteiger partial charge in [0.25, 0.3) is 0 Å². The number of hydrogen-bond acceptors (Lipinski definition) is 7. The quantitative estimate of drug-likeness (QED) is 0.699. The molecule has 33 heavy (non-hydrogen) atoms. The third kappa shape index (κ3) is 5.55. The number of nitrogens with zero attached hydrogens (tertiary/aromatic N) is 3. The SMILES string of the molecule is COC(=O)c1cnc(N2CC(NC(=O)OC(C)(C)C)C(c3cc(F)ccc3F)C2)c(C#N)c1. The number of benzene rings is 1. The van der Waals surface area contributed by atoms with E-state index in [0.29, 0.717) is 0 Å². The Balaban J connectivity index is 1.96. The summed E-state index contributed by atoms with van der Waals surface area (Å²) in [6.07, 6.45) is 0.569. The normalized spacial score (nSPS) is 17.9. The highest BCUT2D eigenvalue weighted by Crippen LogP contribution is 2.34. The van der Waals surface area contributed by atoms with Crippen LogP contribution < -0.4 is 10.2 Å². The molecule has 2 atom stereocenters. The molecule has 0 bridgehead atoms. The zero-order valence-corrected chi connectivity index (χ0v) is 18.7. The predicted octanol–water partition coefficient (Wildman–Crippen LogP) is 3.52. The van der Waals surface area contributed by atoms with Gasteiger partial charge in [0.1, 0.15) is 29.1 Å². The smallest absolute Gasteiger partial charge is 0.407 e. The second-order valence-electron chi connectivity index (χ2n) is 8.63.